The standard InChI is InChI=1S/C17H16ClN3O4S/c18-14-1-3-15(4-2-14)26(22,23)21-8-5-12(6-9-21)16-19-20-17(25-16)13-7-10-24-11-13/h1-4,7,10-12H,5-6,8-9H2. The largest absolute Gasteiger partial charge is 0.472 e. The smallest absolute Gasteiger partial charge is 0.250 e. The van der Waals surface area contributed by atoms with Crippen molar-refractivity contribution in [1.82, 2.24) is 14.5 Å². The van der Waals surface area contributed by atoms with Gasteiger partial charge in [0.1, 0.15) is 6.26 Å². The Labute approximate surface area is 155 Å². The number of rotatable bonds is 4. The number of hydrogen-bond donors (Lipinski definition) is 0. The summed E-state index contributed by atoms with van der Waals surface area (Å²) in [5, 5.41) is 8.65. The summed E-state index contributed by atoms with van der Waals surface area (Å²) in [7, 11) is -3.52. The van der Waals surface area contributed by atoms with Gasteiger partial charge in [0.2, 0.25) is 15.9 Å². The molecule has 0 unspecified atom stereocenters. The molecule has 0 bridgehead atoms. The summed E-state index contributed by atoms with van der Waals surface area (Å²) in [4.78, 5) is 0.250. The van der Waals surface area contributed by atoms with Crippen LogP contribution in [0.25, 0.3) is 11.5 Å². The Balaban J connectivity index is 1.45. The van der Waals surface area contributed by atoms with E-state index < -0.39 is 10.0 Å². The fourth-order valence-electron chi connectivity index (χ4n) is 3.00. The van der Waals surface area contributed by atoms with Gasteiger partial charge in [0.15, 0.2) is 0 Å². The quantitative estimate of drug-likeness (QED) is 0.673. The molecule has 3 heterocycles. The molecular weight excluding hydrogens is 378 g/mol. The van der Waals surface area contributed by atoms with Crippen molar-refractivity contribution in [3.63, 3.8) is 0 Å². The van der Waals surface area contributed by atoms with Crippen molar-refractivity contribution in [2.24, 2.45) is 0 Å². The van der Waals surface area contributed by atoms with Gasteiger partial charge < -0.3 is 8.83 Å². The van der Waals surface area contributed by atoms with Crippen molar-refractivity contribution in [2.45, 2.75) is 23.7 Å². The molecule has 0 amide bonds. The van der Waals surface area contributed by atoms with Gasteiger partial charge in [0.05, 0.1) is 16.7 Å². The molecule has 1 aromatic carbocycles. The minimum atomic E-state index is -3.52. The van der Waals surface area contributed by atoms with E-state index in [0.29, 0.717) is 42.7 Å². The monoisotopic (exact) mass is 393 g/mol. The molecule has 0 atom stereocenters. The zero-order chi connectivity index (χ0) is 18.1. The molecule has 1 saturated heterocycles. The van der Waals surface area contributed by atoms with Crippen LogP contribution in [0.2, 0.25) is 5.02 Å². The van der Waals surface area contributed by atoms with E-state index in [9.17, 15) is 8.42 Å². The Morgan fingerprint density at radius 3 is 2.46 bits per heavy atom. The highest BCUT2D eigenvalue weighted by Gasteiger charge is 2.32. The molecule has 3 aromatic rings. The third-order valence-corrected chi connectivity index (χ3v) is 6.63. The van der Waals surface area contributed by atoms with Crippen LogP contribution in [0.15, 0.2) is 56.6 Å². The van der Waals surface area contributed by atoms with Crippen molar-refractivity contribution in [3.05, 3.63) is 53.8 Å². The Morgan fingerprint density at radius 2 is 1.81 bits per heavy atom. The normalized spacial score (nSPS) is 16.8. The first-order valence-electron chi connectivity index (χ1n) is 8.16. The summed E-state index contributed by atoms with van der Waals surface area (Å²) < 4.78 is 37.7. The lowest BCUT2D eigenvalue weighted by atomic mass is 9.98. The van der Waals surface area contributed by atoms with Crippen molar-refractivity contribution >= 4 is 21.6 Å². The van der Waals surface area contributed by atoms with E-state index in [0.717, 1.165) is 5.56 Å². The van der Waals surface area contributed by atoms with Gasteiger partial charge in [0.25, 0.3) is 5.89 Å². The summed E-state index contributed by atoms with van der Waals surface area (Å²) in [6.07, 6.45) is 4.33. The molecule has 136 valence electrons. The Hall–Kier alpha value is -2.16. The third-order valence-electron chi connectivity index (χ3n) is 4.46. The van der Waals surface area contributed by atoms with E-state index >= 15 is 0 Å². The molecular formula is C17H16ClN3O4S. The van der Waals surface area contributed by atoms with E-state index in [2.05, 4.69) is 10.2 Å². The van der Waals surface area contributed by atoms with Crippen LogP contribution in [0.4, 0.5) is 0 Å². The van der Waals surface area contributed by atoms with Gasteiger partial charge in [-0.25, -0.2) is 8.42 Å². The van der Waals surface area contributed by atoms with Crippen LogP contribution in [0.1, 0.15) is 24.7 Å². The van der Waals surface area contributed by atoms with E-state index in [1.807, 2.05) is 0 Å². The second-order valence-electron chi connectivity index (χ2n) is 6.09. The molecule has 7 nitrogen and oxygen atoms in total. The van der Waals surface area contributed by atoms with Crippen LogP contribution in [0.3, 0.4) is 0 Å². The number of nitrogens with zero attached hydrogens (tertiary/aromatic N) is 3. The van der Waals surface area contributed by atoms with Crippen LogP contribution < -0.4 is 0 Å². The van der Waals surface area contributed by atoms with E-state index in [1.54, 1.807) is 30.7 Å². The van der Waals surface area contributed by atoms with Crippen LogP contribution >= 0.6 is 11.6 Å². The van der Waals surface area contributed by atoms with Gasteiger partial charge >= 0.3 is 0 Å². The third kappa shape index (κ3) is 3.27. The highest BCUT2D eigenvalue weighted by Crippen LogP contribution is 2.31. The molecule has 26 heavy (non-hydrogen) atoms. The van der Waals surface area contributed by atoms with Gasteiger partial charge in [-0.1, -0.05) is 11.6 Å². The molecule has 0 saturated carbocycles. The lowest BCUT2D eigenvalue weighted by Gasteiger charge is -2.29. The molecule has 1 fully saturated rings. The maximum atomic E-state index is 12.7. The predicted molar refractivity (Wildman–Crippen MR) is 94.2 cm³/mol. The first kappa shape index (κ1) is 17.3. The van der Waals surface area contributed by atoms with Gasteiger partial charge in [0, 0.05) is 24.0 Å². The fraction of sp³-hybridized carbons (Fsp3) is 0.294. The summed E-state index contributed by atoms with van der Waals surface area (Å²) >= 11 is 5.84. The summed E-state index contributed by atoms with van der Waals surface area (Å²) in [6, 6.07) is 7.96. The lowest BCUT2D eigenvalue weighted by Crippen LogP contribution is -2.37. The number of halogens is 1. The van der Waals surface area contributed by atoms with Crippen molar-refractivity contribution in [2.75, 3.05) is 13.1 Å². The average Bonchev–Trinajstić information content (AvgIpc) is 3.34. The summed E-state index contributed by atoms with van der Waals surface area (Å²) in [6.45, 7) is 0.804. The Bertz CT molecular complexity index is 975. The first-order chi connectivity index (χ1) is 12.5. The zero-order valence-electron chi connectivity index (χ0n) is 13.7. The number of aromatic nitrogens is 2. The van der Waals surface area contributed by atoms with Crippen LogP contribution in [0.5, 0.6) is 0 Å². The van der Waals surface area contributed by atoms with Crippen LogP contribution in [-0.2, 0) is 10.0 Å². The molecule has 1 aliphatic rings. The maximum absolute atomic E-state index is 12.7. The van der Waals surface area contributed by atoms with Gasteiger partial charge in [-0.15, -0.1) is 10.2 Å². The second-order valence-corrected chi connectivity index (χ2v) is 8.46. The number of piperidine rings is 1. The summed E-state index contributed by atoms with van der Waals surface area (Å²) in [5.74, 6) is 0.981. The topological polar surface area (TPSA) is 89.4 Å². The van der Waals surface area contributed by atoms with Crippen molar-refractivity contribution < 1.29 is 17.3 Å². The summed E-state index contributed by atoms with van der Waals surface area (Å²) in [5.41, 5.74) is 0.728. The predicted octanol–water partition coefficient (Wildman–Crippen LogP) is 3.55. The molecule has 1 aliphatic heterocycles. The van der Waals surface area contributed by atoms with E-state index in [4.69, 9.17) is 20.4 Å². The number of sulfonamides is 1. The number of furan rings is 1. The zero-order valence-corrected chi connectivity index (χ0v) is 15.3. The van der Waals surface area contributed by atoms with Gasteiger partial charge in [-0.2, -0.15) is 4.31 Å². The van der Waals surface area contributed by atoms with Crippen molar-refractivity contribution in [1.29, 1.82) is 0 Å². The second kappa shape index (κ2) is 6.86. The molecule has 0 aliphatic carbocycles. The minimum Gasteiger partial charge on any atom is -0.472 e. The van der Waals surface area contributed by atoms with Crippen LogP contribution in [-0.4, -0.2) is 36.0 Å². The highest BCUT2D eigenvalue weighted by molar-refractivity contribution is 7.89. The first-order valence-corrected chi connectivity index (χ1v) is 9.97. The molecule has 9 heteroatoms. The van der Waals surface area contributed by atoms with E-state index in [1.165, 1.54) is 16.4 Å². The maximum Gasteiger partial charge on any atom is 0.250 e. The molecule has 4 rings (SSSR count). The molecule has 0 spiro atoms. The average molecular weight is 394 g/mol. The lowest BCUT2D eigenvalue weighted by molar-refractivity contribution is 0.291. The van der Waals surface area contributed by atoms with E-state index in [-0.39, 0.29) is 10.8 Å². The fourth-order valence-corrected chi connectivity index (χ4v) is 4.60. The van der Waals surface area contributed by atoms with Crippen LogP contribution in [0, 0.1) is 0 Å². The highest BCUT2D eigenvalue weighted by atomic mass is 35.5. The Morgan fingerprint density at radius 1 is 1.08 bits per heavy atom. The minimum absolute atomic E-state index is 0.0415. The van der Waals surface area contributed by atoms with Gasteiger partial charge in [-0.3, -0.25) is 0 Å². The molecule has 2 aromatic heterocycles. The van der Waals surface area contributed by atoms with Crippen molar-refractivity contribution in [3.8, 4) is 11.5 Å². The Kier molecular flexibility index (Phi) is 4.56. The number of benzene rings is 1. The molecule has 0 radical (unpaired) electrons. The number of hydrogen-bond acceptors (Lipinski definition) is 6. The molecule has 0 N–H and O–H groups in total. The van der Waals surface area contributed by atoms with Gasteiger partial charge in [-0.05, 0) is 43.2 Å². The SMILES string of the molecule is O=S(=O)(c1ccc(Cl)cc1)N1CCC(c2nnc(-c3ccoc3)o2)CC1.